The quantitative estimate of drug-likeness (QED) is 0.0325. The number of primary amides is 1. The van der Waals surface area contributed by atoms with E-state index in [0.717, 1.165) is 11.8 Å². The SMILES string of the molecule is C[C@H](NC(=O)[C@H](CO)NC(=O)[C@H](CO)NC(=O)[C@H](Cc1ccc(O)cc1)NC(=O)[C@H](CCCCN)NC(=O)[C@@H](N)CCC(N)=O)C(=O)N1CCC[C@H]1C(=O)N[C@@H](Cc1ccc(O)cc1)C(=O)N[C@H](C(=O)O)[C@@H](C)O. The summed E-state index contributed by atoms with van der Waals surface area (Å²) in [5, 5.41) is 76.1. The third kappa shape index (κ3) is 19.2. The maximum Gasteiger partial charge on any atom is 0.328 e. The Balaban J connectivity index is 1.74. The minimum atomic E-state index is -1.81. The number of phenolic OH excluding ortho intramolecular Hbond substituents is 2. The number of carbonyl (C=O) groups excluding carboxylic acids is 9. The van der Waals surface area contributed by atoms with Gasteiger partial charge in [-0.2, -0.15) is 0 Å². The van der Waals surface area contributed by atoms with Gasteiger partial charge >= 0.3 is 5.97 Å². The number of rotatable bonds is 30. The number of phenols is 2. The van der Waals surface area contributed by atoms with E-state index >= 15 is 0 Å². The highest BCUT2D eigenvalue weighted by Crippen LogP contribution is 2.20. The van der Waals surface area contributed by atoms with E-state index in [1.807, 2.05) is 0 Å². The summed E-state index contributed by atoms with van der Waals surface area (Å²) in [4.78, 5) is 133. The summed E-state index contributed by atoms with van der Waals surface area (Å²) in [5.41, 5.74) is 17.6. The molecule has 1 aliphatic rings. The number of aliphatic hydroxyl groups is 3. The van der Waals surface area contributed by atoms with Crippen LogP contribution in [0.1, 0.15) is 69.9 Å². The highest BCUT2D eigenvalue weighted by molar-refractivity contribution is 5.98. The molecule has 2 aromatic carbocycles. The van der Waals surface area contributed by atoms with Crippen molar-refractivity contribution in [2.45, 2.75) is 132 Å². The first-order valence-electron chi connectivity index (χ1n) is 23.8. The number of aromatic hydroxyl groups is 2. The van der Waals surface area contributed by atoms with E-state index in [1.165, 1.54) is 55.5 Å². The molecule has 0 spiro atoms. The van der Waals surface area contributed by atoms with E-state index < -0.39 is 133 Å². The standard InChI is InChI=1S/C47H69N11O16/c1-24(46(72)58-19-5-7-36(58)45(71)54-33(21-27-10-14-29(63)15-11-27)42(68)57-38(25(2)61)47(73)74)51-43(69)34(22-59)56-44(70)35(23-60)55-41(67)32(20-26-8-12-28(62)13-9-26)53-40(66)31(6-3-4-18-48)52-39(65)30(49)16-17-37(50)64/h8-15,24-25,30-36,38,59-63H,3-7,16-23,48-49H2,1-2H3,(H2,50,64)(H,51,69)(H,52,65)(H,53,66)(H,54,71)(H,55,67)(H,56,70)(H,57,68)(H,73,74)/t24-,25+,30-,31-,32-,33-,34-,35-,36-,38-/m0/s1. The van der Waals surface area contributed by atoms with Crippen LogP contribution in [-0.4, -0.2) is 181 Å². The molecule has 19 N–H and O–H groups in total. The Labute approximate surface area is 425 Å². The predicted molar refractivity (Wildman–Crippen MR) is 260 cm³/mol. The predicted octanol–water partition coefficient (Wildman–Crippen LogP) is -5.54. The number of hydrogen-bond donors (Lipinski definition) is 16. The first kappa shape index (κ1) is 60.8. The van der Waals surface area contributed by atoms with E-state index in [1.54, 1.807) is 0 Å². The van der Waals surface area contributed by atoms with Gasteiger partial charge in [0.1, 0.15) is 53.8 Å². The number of aliphatic carboxylic acids is 1. The van der Waals surface area contributed by atoms with E-state index in [2.05, 4.69) is 37.2 Å². The van der Waals surface area contributed by atoms with E-state index in [0.29, 0.717) is 30.4 Å². The van der Waals surface area contributed by atoms with Crippen molar-refractivity contribution < 1.29 is 78.6 Å². The van der Waals surface area contributed by atoms with Crippen molar-refractivity contribution in [3.63, 3.8) is 0 Å². The van der Waals surface area contributed by atoms with E-state index in [-0.39, 0.29) is 63.1 Å². The number of hydrogen-bond acceptors (Lipinski definition) is 17. The van der Waals surface area contributed by atoms with Gasteiger partial charge in [-0.25, -0.2) is 4.79 Å². The fourth-order valence-electron chi connectivity index (χ4n) is 7.67. The van der Waals surface area contributed by atoms with Crippen LogP contribution in [0.15, 0.2) is 48.5 Å². The Kier molecular flexibility index (Phi) is 24.6. The monoisotopic (exact) mass is 1040 g/mol. The molecule has 0 radical (unpaired) electrons. The Hall–Kier alpha value is -7.46. The van der Waals surface area contributed by atoms with Crippen LogP contribution in [0.5, 0.6) is 11.5 Å². The molecule has 408 valence electrons. The minimum absolute atomic E-state index is 0.0253. The van der Waals surface area contributed by atoms with Crippen LogP contribution >= 0.6 is 0 Å². The fourth-order valence-corrected chi connectivity index (χ4v) is 7.67. The van der Waals surface area contributed by atoms with Gasteiger partial charge in [0.15, 0.2) is 6.04 Å². The van der Waals surface area contributed by atoms with Gasteiger partial charge in [-0.05, 0) is 94.3 Å². The molecule has 0 unspecified atom stereocenters. The number of carboxylic acids is 1. The van der Waals surface area contributed by atoms with Crippen LogP contribution in [-0.2, 0) is 60.8 Å². The van der Waals surface area contributed by atoms with Gasteiger partial charge in [0, 0.05) is 25.8 Å². The molecule has 74 heavy (non-hydrogen) atoms. The summed E-state index contributed by atoms with van der Waals surface area (Å²) in [5.74, 6) is -9.97. The smallest absolute Gasteiger partial charge is 0.328 e. The van der Waals surface area contributed by atoms with Crippen LogP contribution in [0.25, 0.3) is 0 Å². The van der Waals surface area contributed by atoms with Gasteiger partial charge in [-0.3, -0.25) is 43.2 Å². The molecule has 1 heterocycles. The minimum Gasteiger partial charge on any atom is -0.508 e. The highest BCUT2D eigenvalue weighted by Gasteiger charge is 2.40. The molecule has 9 amide bonds. The van der Waals surface area contributed by atoms with Crippen LogP contribution in [0.3, 0.4) is 0 Å². The summed E-state index contributed by atoms with van der Waals surface area (Å²) in [6.45, 7) is 0.577. The Bertz CT molecular complexity index is 2270. The van der Waals surface area contributed by atoms with Gasteiger partial charge in [-0.15, -0.1) is 0 Å². The highest BCUT2D eigenvalue weighted by atomic mass is 16.4. The molecule has 3 rings (SSSR count). The van der Waals surface area contributed by atoms with Crippen LogP contribution < -0.4 is 54.4 Å². The van der Waals surface area contributed by atoms with Crippen molar-refractivity contribution in [1.82, 2.24) is 42.1 Å². The van der Waals surface area contributed by atoms with Crippen molar-refractivity contribution in [2.24, 2.45) is 17.2 Å². The zero-order valence-corrected chi connectivity index (χ0v) is 41.0. The van der Waals surface area contributed by atoms with Crippen LogP contribution in [0, 0.1) is 0 Å². The number of carboxylic acid groups (broad SMARTS) is 1. The number of unbranched alkanes of at least 4 members (excludes halogenated alkanes) is 1. The molecule has 10 atom stereocenters. The summed E-state index contributed by atoms with van der Waals surface area (Å²) in [6, 6.07) is -2.21. The molecule has 2 aromatic rings. The summed E-state index contributed by atoms with van der Waals surface area (Å²) < 4.78 is 0. The molecule has 0 aromatic heterocycles. The van der Waals surface area contributed by atoms with Gasteiger partial charge in [0.2, 0.25) is 53.2 Å². The van der Waals surface area contributed by atoms with Crippen molar-refractivity contribution in [3.05, 3.63) is 59.7 Å². The second kappa shape index (κ2) is 29.9. The van der Waals surface area contributed by atoms with Crippen molar-refractivity contribution >= 4 is 59.1 Å². The van der Waals surface area contributed by atoms with Gasteiger partial charge in [-0.1, -0.05) is 24.3 Å². The molecule has 0 saturated carbocycles. The molecule has 1 aliphatic heterocycles. The first-order valence-corrected chi connectivity index (χ1v) is 23.8. The summed E-state index contributed by atoms with van der Waals surface area (Å²) in [6.07, 6.45) is -1.01. The number of benzene rings is 2. The zero-order valence-electron chi connectivity index (χ0n) is 41.0. The molecule has 27 nitrogen and oxygen atoms in total. The molecular formula is C47H69N11O16. The van der Waals surface area contributed by atoms with Crippen LogP contribution in [0.2, 0.25) is 0 Å². The lowest BCUT2D eigenvalue weighted by Gasteiger charge is -2.30. The second-order valence-corrected chi connectivity index (χ2v) is 17.8. The third-order valence-corrected chi connectivity index (χ3v) is 11.9. The maximum absolute atomic E-state index is 13.9. The van der Waals surface area contributed by atoms with Crippen molar-refractivity contribution in [3.8, 4) is 11.5 Å². The average Bonchev–Trinajstić information content (AvgIpc) is 3.86. The molecule has 1 fully saturated rings. The maximum atomic E-state index is 13.9. The van der Waals surface area contributed by atoms with Crippen molar-refractivity contribution in [2.75, 3.05) is 26.3 Å². The number of amides is 9. The number of carbonyl (C=O) groups is 10. The zero-order chi connectivity index (χ0) is 55.2. The number of nitrogens with two attached hydrogens (primary N) is 3. The lowest BCUT2D eigenvalue weighted by molar-refractivity contribution is -0.145. The van der Waals surface area contributed by atoms with Gasteiger partial charge in [0.25, 0.3) is 0 Å². The summed E-state index contributed by atoms with van der Waals surface area (Å²) in [7, 11) is 0. The fraction of sp³-hybridized carbons (Fsp3) is 0.532. The number of nitrogens with one attached hydrogen (secondary N) is 7. The first-order chi connectivity index (χ1) is 35.0. The molecular weight excluding hydrogens is 975 g/mol. The number of aliphatic hydroxyl groups excluding tert-OH is 3. The Morgan fingerprint density at radius 2 is 1.09 bits per heavy atom. The number of likely N-dealkylation sites (tertiary alicyclic amines) is 1. The average molecular weight is 1040 g/mol. The largest absolute Gasteiger partial charge is 0.508 e. The van der Waals surface area contributed by atoms with Gasteiger partial charge in [0.05, 0.1) is 25.4 Å². The van der Waals surface area contributed by atoms with Gasteiger partial charge < -0.3 is 90.0 Å². The summed E-state index contributed by atoms with van der Waals surface area (Å²) >= 11 is 0. The molecule has 0 bridgehead atoms. The lowest BCUT2D eigenvalue weighted by Crippen LogP contribution is -2.61. The molecule has 1 saturated heterocycles. The third-order valence-electron chi connectivity index (χ3n) is 11.9. The van der Waals surface area contributed by atoms with Crippen molar-refractivity contribution in [1.29, 1.82) is 0 Å². The Morgan fingerprint density at radius 1 is 0.635 bits per heavy atom. The van der Waals surface area contributed by atoms with Crippen LogP contribution in [0.4, 0.5) is 0 Å². The normalized spacial score (nSPS) is 16.8. The second-order valence-electron chi connectivity index (χ2n) is 17.8. The lowest BCUT2D eigenvalue weighted by atomic mass is 10.0. The molecule has 27 heteroatoms. The van der Waals surface area contributed by atoms with E-state index in [9.17, 15) is 78.6 Å². The van der Waals surface area contributed by atoms with E-state index in [4.69, 9.17) is 17.2 Å². The number of nitrogens with zero attached hydrogens (tertiary/aromatic N) is 1. The Morgan fingerprint density at radius 3 is 1.58 bits per heavy atom. The topological polar surface area (TPSA) is 458 Å². The molecule has 0 aliphatic carbocycles.